The van der Waals surface area contributed by atoms with E-state index in [1.807, 2.05) is 6.07 Å². The van der Waals surface area contributed by atoms with Crippen LogP contribution in [0.5, 0.6) is 0 Å². The number of benzene rings is 1. The molecule has 0 saturated heterocycles. The molecule has 0 amide bonds. The Morgan fingerprint density at radius 1 is 1.21 bits per heavy atom. The Morgan fingerprint density at radius 2 is 2.11 bits per heavy atom. The highest BCUT2D eigenvalue weighted by Gasteiger charge is 2.16. The fraction of sp³-hybridized carbons (Fsp3) is 0.200. The van der Waals surface area contributed by atoms with E-state index in [0.717, 1.165) is 12.1 Å². The molecule has 0 bridgehead atoms. The molecule has 4 heteroatoms. The van der Waals surface area contributed by atoms with Crippen LogP contribution >= 0.6 is 22.7 Å². The average molecular weight is 291 g/mol. The standard InChI is InChI=1S/C15H14FNS2/c1-2-17-15(10-4-3-5-11(16)8-10)14-9-13-12(19-14)6-7-18-13/h3-9,15,17H,2H2,1H3. The first-order valence-electron chi connectivity index (χ1n) is 6.23. The van der Waals surface area contributed by atoms with Gasteiger partial charge in [0.2, 0.25) is 0 Å². The van der Waals surface area contributed by atoms with Gasteiger partial charge < -0.3 is 5.32 Å². The predicted molar refractivity (Wildman–Crippen MR) is 81.6 cm³/mol. The molecule has 1 nitrogen and oxygen atoms in total. The summed E-state index contributed by atoms with van der Waals surface area (Å²) in [5.74, 6) is -0.182. The second-order valence-electron chi connectivity index (χ2n) is 4.34. The van der Waals surface area contributed by atoms with Crippen molar-refractivity contribution in [3.8, 4) is 0 Å². The number of hydrogen-bond acceptors (Lipinski definition) is 3. The van der Waals surface area contributed by atoms with E-state index < -0.39 is 0 Å². The first-order chi connectivity index (χ1) is 9.28. The minimum atomic E-state index is -0.182. The van der Waals surface area contributed by atoms with Crippen LogP contribution < -0.4 is 5.32 Å². The van der Waals surface area contributed by atoms with Crippen LogP contribution in [0, 0.1) is 5.82 Å². The van der Waals surface area contributed by atoms with Crippen molar-refractivity contribution in [2.24, 2.45) is 0 Å². The van der Waals surface area contributed by atoms with Crippen LogP contribution in [0.3, 0.4) is 0 Å². The van der Waals surface area contributed by atoms with Crippen molar-refractivity contribution < 1.29 is 4.39 Å². The molecule has 3 rings (SSSR count). The lowest BCUT2D eigenvalue weighted by Crippen LogP contribution is -2.21. The fourth-order valence-corrected chi connectivity index (χ4v) is 4.42. The molecule has 3 aromatic rings. The van der Waals surface area contributed by atoms with Crippen molar-refractivity contribution in [3.05, 3.63) is 58.0 Å². The maximum Gasteiger partial charge on any atom is 0.123 e. The van der Waals surface area contributed by atoms with Gasteiger partial charge in [0.05, 0.1) is 6.04 Å². The number of rotatable bonds is 4. The SMILES string of the molecule is CCNC(c1cccc(F)c1)c1cc2sccc2s1. The number of thiophene rings is 2. The highest BCUT2D eigenvalue weighted by atomic mass is 32.1. The van der Waals surface area contributed by atoms with E-state index in [1.54, 1.807) is 34.8 Å². The monoisotopic (exact) mass is 291 g/mol. The van der Waals surface area contributed by atoms with Gasteiger partial charge in [-0.25, -0.2) is 4.39 Å². The summed E-state index contributed by atoms with van der Waals surface area (Å²) in [6.07, 6.45) is 0. The maximum atomic E-state index is 13.4. The first-order valence-corrected chi connectivity index (χ1v) is 7.93. The lowest BCUT2D eigenvalue weighted by Gasteiger charge is -2.16. The van der Waals surface area contributed by atoms with Gasteiger partial charge in [0.15, 0.2) is 0 Å². The van der Waals surface area contributed by atoms with Gasteiger partial charge in [-0.2, -0.15) is 0 Å². The largest absolute Gasteiger partial charge is 0.306 e. The highest BCUT2D eigenvalue weighted by Crippen LogP contribution is 2.35. The summed E-state index contributed by atoms with van der Waals surface area (Å²) in [5, 5.41) is 5.55. The lowest BCUT2D eigenvalue weighted by atomic mass is 10.1. The van der Waals surface area contributed by atoms with Crippen molar-refractivity contribution in [1.82, 2.24) is 5.32 Å². The molecule has 1 aromatic carbocycles. The van der Waals surface area contributed by atoms with E-state index in [9.17, 15) is 4.39 Å². The Morgan fingerprint density at radius 3 is 2.84 bits per heavy atom. The number of nitrogens with one attached hydrogen (secondary N) is 1. The molecular weight excluding hydrogens is 277 g/mol. The molecule has 0 radical (unpaired) electrons. The molecule has 1 unspecified atom stereocenters. The Hall–Kier alpha value is -1.23. The zero-order chi connectivity index (χ0) is 13.2. The van der Waals surface area contributed by atoms with Crippen LogP contribution in [-0.4, -0.2) is 6.54 Å². The molecule has 98 valence electrons. The lowest BCUT2D eigenvalue weighted by molar-refractivity contribution is 0.607. The topological polar surface area (TPSA) is 12.0 Å². The minimum absolute atomic E-state index is 0.0744. The van der Waals surface area contributed by atoms with Crippen molar-refractivity contribution in [2.45, 2.75) is 13.0 Å². The molecule has 0 saturated carbocycles. The van der Waals surface area contributed by atoms with Gasteiger partial charge in [0, 0.05) is 14.3 Å². The van der Waals surface area contributed by atoms with Crippen LogP contribution in [0.2, 0.25) is 0 Å². The maximum absolute atomic E-state index is 13.4. The molecule has 0 aliphatic rings. The minimum Gasteiger partial charge on any atom is -0.306 e. The fourth-order valence-electron chi connectivity index (χ4n) is 2.20. The summed E-state index contributed by atoms with van der Waals surface area (Å²) in [6.45, 7) is 2.93. The summed E-state index contributed by atoms with van der Waals surface area (Å²) in [6, 6.07) is 11.3. The number of hydrogen-bond donors (Lipinski definition) is 1. The summed E-state index contributed by atoms with van der Waals surface area (Å²) >= 11 is 3.53. The molecule has 0 fully saturated rings. The van der Waals surface area contributed by atoms with E-state index in [4.69, 9.17) is 0 Å². The van der Waals surface area contributed by atoms with Gasteiger partial charge in [-0.1, -0.05) is 19.1 Å². The third-order valence-electron chi connectivity index (χ3n) is 3.03. The molecule has 1 N–H and O–H groups in total. The third-order valence-corrected chi connectivity index (χ3v) is 5.19. The van der Waals surface area contributed by atoms with Crippen LogP contribution in [0.1, 0.15) is 23.4 Å². The van der Waals surface area contributed by atoms with E-state index in [2.05, 4.69) is 29.8 Å². The van der Waals surface area contributed by atoms with Crippen molar-refractivity contribution in [2.75, 3.05) is 6.54 Å². The second kappa shape index (κ2) is 5.41. The van der Waals surface area contributed by atoms with Gasteiger partial charge in [0.25, 0.3) is 0 Å². The van der Waals surface area contributed by atoms with Gasteiger partial charge in [-0.3, -0.25) is 0 Å². The molecule has 0 aliphatic carbocycles. The molecule has 19 heavy (non-hydrogen) atoms. The van der Waals surface area contributed by atoms with Gasteiger partial charge in [-0.05, 0) is 41.8 Å². The van der Waals surface area contributed by atoms with Gasteiger partial charge in [-0.15, -0.1) is 22.7 Å². The van der Waals surface area contributed by atoms with Crippen molar-refractivity contribution >= 4 is 32.1 Å². The third kappa shape index (κ3) is 2.56. The quantitative estimate of drug-likeness (QED) is 0.728. The first kappa shape index (κ1) is 12.8. The zero-order valence-electron chi connectivity index (χ0n) is 10.5. The van der Waals surface area contributed by atoms with E-state index in [0.29, 0.717) is 0 Å². The molecule has 0 spiro atoms. The molecule has 2 aromatic heterocycles. The summed E-state index contributed by atoms with van der Waals surface area (Å²) in [7, 11) is 0. The van der Waals surface area contributed by atoms with E-state index in [-0.39, 0.29) is 11.9 Å². The highest BCUT2D eigenvalue weighted by molar-refractivity contribution is 7.27. The Labute approximate surface area is 119 Å². The van der Waals surface area contributed by atoms with E-state index in [1.165, 1.54) is 20.3 Å². The van der Waals surface area contributed by atoms with Crippen LogP contribution in [-0.2, 0) is 0 Å². The average Bonchev–Trinajstić information content (AvgIpc) is 2.96. The van der Waals surface area contributed by atoms with E-state index >= 15 is 0 Å². The molecule has 1 atom stereocenters. The number of fused-ring (bicyclic) bond motifs is 1. The predicted octanol–water partition coefficient (Wildman–Crippen LogP) is 4.80. The normalized spacial score (nSPS) is 12.9. The Kier molecular flexibility index (Phi) is 3.64. The Bertz CT molecular complexity index is 658. The van der Waals surface area contributed by atoms with Crippen LogP contribution in [0.4, 0.5) is 4.39 Å². The molecule has 0 aliphatic heterocycles. The van der Waals surface area contributed by atoms with Gasteiger partial charge >= 0.3 is 0 Å². The summed E-state index contributed by atoms with van der Waals surface area (Å²) in [5.41, 5.74) is 0.982. The smallest absolute Gasteiger partial charge is 0.123 e. The number of halogens is 1. The van der Waals surface area contributed by atoms with Crippen molar-refractivity contribution in [3.63, 3.8) is 0 Å². The molecular formula is C15H14FNS2. The second-order valence-corrected chi connectivity index (χ2v) is 6.41. The molecule has 2 heterocycles. The van der Waals surface area contributed by atoms with Gasteiger partial charge in [0.1, 0.15) is 5.82 Å². The summed E-state index contributed by atoms with van der Waals surface area (Å²) in [4.78, 5) is 1.24. The summed E-state index contributed by atoms with van der Waals surface area (Å²) < 4.78 is 16.0. The van der Waals surface area contributed by atoms with Crippen LogP contribution in [0.25, 0.3) is 9.40 Å². The van der Waals surface area contributed by atoms with Crippen molar-refractivity contribution in [1.29, 1.82) is 0 Å². The zero-order valence-corrected chi connectivity index (χ0v) is 12.2. The van der Waals surface area contributed by atoms with Crippen LogP contribution in [0.15, 0.2) is 41.8 Å². The Balaban J connectivity index is 2.02.